The fourth-order valence-electron chi connectivity index (χ4n) is 2.59. The molecule has 0 unspecified atom stereocenters. The molecule has 4 N–H and O–H groups in total. The molecule has 0 radical (unpaired) electrons. The molecule has 2 rings (SSSR count). The van der Waals surface area contributed by atoms with Crippen LogP contribution in [0, 0.1) is 5.92 Å². The monoisotopic (exact) mass is 312 g/mol. The average molecular weight is 312 g/mol. The molecule has 116 valence electrons. The third kappa shape index (κ3) is 3.74. The minimum Gasteiger partial charge on any atom is -0.478 e. The number of aromatic carboxylic acids is 1. The van der Waals surface area contributed by atoms with Crippen molar-refractivity contribution in [3.05, 3.63) is 17.0 Å². The van der Waals surface area contributed by atoms with Crippen molar-refractivity contribution in [2.45, 2.75) is 38.1 Å². The first-order valence-corrected chi connectivity index (χ1v) is 7.84. The van der Waals surface area contributed by atoms with Gasteiger partial charge >= 0.3 is 12.0 Å². The fraction of sp³-hybridized carbons (Fsp3) is 0.571. The Bertz CT molecular complexity index is 521. The van der Waals surface area contributed by atoms with Gasteiger partial charge in [0.2, 0.25) is 0 Å². The predicted octanol–water partition coefficient (Wildman–Crippen LogP) is 2.51. The smallest absolute Gasteiger partial charge is 0.338 e. The van der Waals surface area contributed by atoms with Crippen LogP contribution in [0.3, 0.4) is 0 Å². The van der Waals surface area contributed by atoms with E-state index < -0.39 is 17.5 Å². The molecular weight excluding hydrogens is 292 g/mol. The molecule has 2 amide bonds. The molecule has 7 heteroatoms. The molecule has 1 heterocycles. The summed E-state index contributed by atoms with van der Waals surface area (Å²) < 4.78 is 0. The van der Waals surface area contributed by atoms with Gasteiger partial charge in [-0.3, -0.25) is 5.32 Å². The molecule has 0 spiro atoms. The van der Waals surface area contributed by atoms with Gasteiger partial charge in [0, 0.05) is 0 Å². The van der Waals surface area contributed by atoms with Gasteiger partial charge in [-0.25, -0.2) is 9.59 Å². The number of hydrogen-bond acceptors (Lipinski definition) is 4. The van der Waals surface area contributed by atoms with Crippen molar-refractivity contribution < 1.29 is 19.8 Å². The number of carbonyl (C=O) groups is 2. The molecule has 1 aliphatic carbocycles. The van der Waals surface area contributed by atoms with Crippen LogP contribution in [0.4, 0.5) is 9.80 Å². The van der Waals surface area contributed by atoms with Crippen LogP contribution in [0.15, 0.2) is 11.4 Å². The molecule has 1 aromatic heterocycles. The van der Waals surface area contributed by atoms with Crippen molar-refractivity contribution in [3.8, 4) is 0 Å². The standard InChI is InChI=1S/C14H20N2O4S/c1-9-2-5-14(8-17,6-3-9)16-13(20)15-11-10(12(18)19)4-7-21-11/h4,7,9,17H,2-3,5-6,8H2,1H3,(H,18,19)(H2,15,16,20). The highest BCUT2D eigenvalue weighted by Gasteiger charge is 2.35. The molecule has 6 nitrogen and oxygen atoms in total. The molecule has 21 heavy (non-hydrogen) atoms. The van der Waals surface area contributed by atoms with Gasteiger partial charge in [-0.05, 0) is 43.0 Å². The van der Waals surface area contributed by atoms with E-state index in [0.29, 0.717) is 10.9 Å². The lowest BCUT2D eigenvalue weighted by Gasteiger charge is -2.38. The van der Waals surface area contributed by atoms with Gasteiger partial charge < -0.3 is 15.5 Å². The van der Waals surface area contributed by atoms with E-state index in [1.54, 1.807) is 5.38 Å². The minimum absolute atomic E-state index is 0.0745. The Labute approximate surface area is 127 Å². The van der Waals surface area contributed by atoms with Crippen molar-refractivity contribution in [2.24, 2.45) is 5.92 Å². The molecule has 1 aromatic rings. The Morgan fingerprint density at radius 2 is 2.10 bits per heavy atom. The highest BCUT2D eigenvalue weighted by molar-refractivity contribution is 7.14. The normalized spacial score (nSPS) is 25.3. The zero-order valence-corrected chi connectivity index (χ0v) is 12.7. The summed E-state index contributed by atoms with van der Waals surface area (Å²) in [5.41, 5.74) is -0.525. The number of aliphatic hydroxyl groups is 1. The second-order valence-corrected chi connectivity index (χ2v) is 6.58. The number of rotatable bonds is 4. The quantitative estimate of drug-likeness (QED) is 0.686. The van der Waals surface area contributed by atoms with Crippen molar-refractivity contribution >= 4 is 28.3 Å². The Hall–Kier alpha value is -1.60. The maximum atomic E-state index is 12.1. The Kier molecular flexibility index (Phi) is 4.84. The summed E-state index contributed by atoms with van der Waals surface area (Å²) in [5.74, 6) is -0.472. The molecule has 1 aliphatic rings. The number of anilines is 1. The topological polar surface area (TPSA) is 98.7 Å². The van der Waals surface area contributed by atoms with Crippen LogP contribution >= 0.6 is 11.3 Å². The van der Waals surface area contributed by atoms with Crippen LogP contribution in [-0.2, 0) is 0 Å². The van der Waals surface area contributed by atoms with E-state index in [4.69, 9.17) is 5.11 Å². The largest absolute Gasteiger partial charge is 0.478 e. The number of amides is 2. The second-order valence-electron chi connectivity index (χ2n) is 5.67. The number of carboxylic acids is 1. The zero-order valence-electron chi connectivity index (χ0n) is 11.9. The third-order valence-corrected chi connectivity index (χ3v) is 4.87. The van der Waals surface area contributed by atoms with E-state index in [-0.39, 0.29) is 12.2 Å². The van der Waals surface area contributed by atoms with Crippen molar-refractivity contribution in [1.29, 1.82) is 0 Å². The van der Waals surface area contributed by atoms with Gasteiger partial charge in [0.15, 0.2) is 0 Å². The number of hydrogen-bond donors (Lipinski definition) is 4. The zero-order chi connectivity index (χ0) is 15.5. The summed E-state index contributed by atoms with van der Waals surface area (Å²) in [7, 11) is 0. The van der Waals surface area contributed by atoms with Gasteiger partial charge in [0.25, 0.3) is 0 Å². The number of carbonyl (C=O) groups excluding carboxylic acids is 1. The fourth-order valence-corrected chi connectivity index (χ4v) is 3.36. The number of nitrogens with one attached hydrogen (secondary N) is 2. The lowest BCUT2D eigenvalue weighted by atomic mass is 9.77. The maximum Gasteiger partial charge on any atom is 0.338 e. The van der Waals surface area contributed by atoms with Gasteiger partial charge in [0.05, 0.1) is 17.7 Å². The maximum absolute atomic E-state index is 12.1. The van der Waals surface area contributed by atoms with E-state index in [2.05, 4.69) is 17.6 Å². The molecule has 1 saturated carbocycles. The van der Waals surface area contributed by atoms with Crippen LogP contribution in [0.25, 0.3) is 0 Å². The van der Waals surface area contributed by atoms with Crippen LogP contribution < -0.4 is 10.6 Å². The highest BCUT2D eigenvalue weighted by atomic mass is 32.1. The molecule has 0 aromatic carbocycles. The SMILES string of the molecule is CC1CCC(CO)(NC(=O)Nc2sccc2C(=O)O)CC1. The van der Waals surface area contributed by atoms with Gasteiger partial charge in [-0.1, -0.05) is 6.92 Å². The molecular formula is C14H20N2O4S. The number of thiophene rings is 1. The van der Waals surface area contributed by atoms with Crippen LogP contribution in [0.2, 0.25) is 0 Å². The molecule has 1 fully saturated rings. The Morgan fingerprint density at radius 3 is 2.67 bits per heavy atom. The first-order chi connectivity index (χ1) is 9.96. The molecule has 0 saturated heterocycles. The number of aliphatic hydroxyl groups excluding tert-OH is 1. The predicted molar refractivity (Wildman–Crippen MR) is 80.9 cm³/mol. The summed E-state index contributed by atoms with van der Waals surface area (Å²) in [6.07, 6.45) is 3.38. The Balaban J connectivity index is 2.00. The van der Waals surface area contributed by atoms with Gasteiger partial charge in [-0.15, -0.1) is 11.3 Å². The third-order valence-electron chi connectivity index (χ3n) is 4.04. The molecule has 0 aliphatic heterocycles. The van der Waals surface area contributed by atoms with E-state index in [0.717, 1.165) is 37.0 Å². The van der Waals surface area contributed by atoms with E-state index in [9.17, 15) is 14.7 Å². The molecule has 0 atom stereocenters. The molecule has 0 bridgehead atoms. The Morgan fingerprint density at radius 1 is 1.43 bits per heavy atom. The van der Waals surface area contributed by atoms with Gasteiger partial charge in [-0.2, -0.15) is 0 Å². The highest BCUT2D eigenvalue weighted by Crippen LogP contribution is 2.32. The van der Waals surface area contributed by atoms with Crippen molar-refractivity contribution in [2.75, 3.05) is 11.9 Å². The summed E-state index contributed by atoms with van der Waals surface area (Å²) in [6, 6.07) is 0.982. The van der Waals surface area contributed by atoms with E-state index in [1.807, 2.05) is 0 Å². The summed E-state index contributed by atoms with van der Waals surface area (Å²) in [4.78, 5) is 23.1. The second kappa shape index (κ2) is 6.44. The van der Waals surface area contributed by atoms with Crippen molar-refractivity contribution in [1.82, 2.24) is 5.32 Å². The number of urea groups is 1. The van der Waals surface area contributed by atoms with E-state index in [1.165, 1.54) is 6.07 Å². The van der Waals surface area contributed by atoms with E-state index >= 15 is 0 Å². The summed E-state index contributed by atoms with van der Waals surface area (Å²) in [6.45, 7) is 2.05. The van der Waals surface area contributed by atoms with Crippen LogP contribution in [-0.4, -0.2) is 34.4 Å². The summed E-state index contributed by atoms with van der Waals surface area (Å²) >= 11 is 1.16. The first kappa shape index (κ1) is 15.8. The number of carboxylic acid groups (broad SMARTS) is 1. The van der Waals surface area contributed by atoms with Crippen molar-refractivity contribution in [3.63, 3.8) is 0 Å². The average Bonchev–Trinajstić information content (AvgIpc) is 2.90. The van der Waals surface area contributed by atoms with Crippen LogP contribution in [0.1, 0.15) is 43.0 Å². The van der Waals surface area contributed by atoms with Gasteiger partial charge in [0.1, 0.15) is 5.00 Å². The lowest BCUT2D eigenvalue weighted by Crippen LogP contribution is -2.54. The van der Waals surface area contributed by atoms with Crippen LogP contribution in [0.5, 0.6) is 0 Å². The first-order valence-electron chi connectivity index (χ1n) is 6.96. The minimum atomic E-state index is -1.07. The lowest BCUT2D eigenvalue weighted by molar-refractivity contribution is 0.0698. The summed E-state index contributed by atoms with van der Waals surface area (Å²) in [5, 5.41) is 25.9.